The highest BCUT2D eigenvalue weighted by Crippen LogP contribution is 2.31. The Hall–Kier alpha value is -3.51. The molecule has 0 bridgehead atoms. The molecule has 0 spiro atoms. The van der Waals surface area contributed by atoms with Crippen LogP contribution in [0.2, 0.25) is 0 Å². The van der Waals surface area contributed by atoms with E-state index in [2.05, 4.69) is 30.3 Å². The largest absolute Gasteiger partial charge is 0.465 e. The van der Waals surface area contributed by atoms with Gasteiger partial charge < -0.3 is 19.8 Å². The maximum Gasteiger partial charge on any atom is 0.422 e. The van der Waals surface area contributed by atoms with Crippen molar-refractivity contribution in [3.05, 3.63) is 53.5 Å². The predicted octanol–water partition coefficient (Wildman–Crippen LogP) is 5.09. The molecule has 0 saturated heterocycles. The molecule has 3 rings (SSSR count). The van der Waals surface area contributed by atoms with Crippen LogP contribution in [0.3, 0.4) is 0 Å². The summed E-state index contributed by atoms with van der Waals surface area (Å²) in [5.41, 5.74) is -0.956. The predicted molar refractivity (Wildman–Crippen MR) is 96.9 cm³/mol. The Bertz CT molecular complexity index is 1030. The Morgan fingerprint density at radius 2 is 1.71 bits per heavy atom. The van der Waals surface area contributed by atoms with E-state index < -0.39 is 30.5 Å². The highest BCUT2D eigenvalue weighted by Gasteiger charge is 2.31. The topological polar surface area (TPSA) is 85.1 Å². The summed E-state index contributed by atoms with van der Waals surface area (Å²) in [7, 11) is 0. The van der Waals surface area contributed by atoms with E-state index in [9.17, 15) is 26.3 Å². The number of rotatable bonds is 7. The molecular weight excluding hydrogens is 432 g/mol. The molecule has 0 aliphatic carbocycles. The second kappa shape index (κ2) is 8.70. The van der Waals surface area contributed by atoms with Crippen LogP contribution in [0.25, 0.3) is 0 Å². The molecule has 2 N–H and O–H groups in total. The Morgan fingerprint density at radius 3 is 2.35 bits per heavy atom. The van der Waals surface area contributed by atoms with Crippen LogP contribution in [0.1, 0.15) is 17.1 Å². The van der Waals surface area contributed by atoms with Gasteiger partial charge in [0.05, 0.1) is 12.1 Å². The highest BCUT2D eigenvalue weighted by molar-refractivity contribution is 5.55. The molecule has 0 radical (unpaired) electrons. The van der Waals surface area contributed by atoms with Crippen LogP contribution in [0, 0.1) is 6.92 Å². The molecule has 0 atom stereocenters. The van der Waals surface area contributed by atoms with Crippen molar-refractivity contribution in [1.29, 1.82) is 0 Å². The maximum absolute atomic E-state index is 12.9. The maximum atomic E-state index is 12.9. The second-order valence-corrected chi connectivity index (χ2v) is 6.24. The third-order valence-electron chi connectivity index (χ3n) is 3.64. The van der Waals surface area contributed by atoms with Gasteiger partial charge in [0.1, 0.15) is 11.5 Å². The lowest BCUT2D eigenvalue weighted by Gasteiger charge is -2.12. The van der Waals surface area contributed by atoms with Gasteiger partial charge in [0, 0.05) is 5.69 Å². The minimum absolute atomic E-state index is 0.0320. The van der Waals surface area contributed by atoms with Crippen molar-refractivity contribution in [3.63, 3.8) is 0 Å². The zero-order valence-corrected chi connectivity index (χ0v) is 15.8. The van der Waals surface area contributed by atoms with E-state index >= 15 is 0 Å². The minimum atomic E-state index is -4.64. The first-order chi connectivity index (χ1) is 14.5. The molecule has 13 heteroatoms. The number of halogens is 6. The SMILES string of the molecule is Cc1ccc(CNc2nc(Nc3cccc(C(F)(F)F)c3)nc(OCC(F)(F)F)n2)o1. The Morgan fingerprint density at radius 1 is 0.968 bits per heavy atom. The molecule has 2 aromatic heterocycles. The van der Waals surface area contributed by atoms with Crippen LogP contribution in [-0.4, -0.2) is 27.7 Å². The van der Waals surface area contributed by atoms with E-state index in [1.165, 1.54) is 6.07 Å². The molecule has 1 aromatic carbocycles. The summed E-state index contributed by atoms with van der Waals surface area (Å²) in [6.07, 6.45) is -9.22. The van der Waals surface area contributed by atoms with Gasteiger partial charge in [-0.25, -0.2) is 0 Å². The quantitative estimate of drug-likeness (QED) is 0.488. The number of aryl methyl sites for hydroxylation is 1. The molecule has 0 unspecified atom stereocenters. The lowest BCUT2D eigenvalue weighted by atomic mass is 10.2. The van der Waals surface area contributed by atoms with Crippen LogP contribution in [0.15, 0.2) is 40.8 Å². The van der Waals surface area contributed by atoms with Gasteiger partial charge in [-0.15, -0.1) is 0 Å². The smallest absolute Gasteiger partial charge is 0.422 e. The van der Waals surface area contributed by atoms with Crippen molar-refractivity contribution in [3.8, 4) is 6.01 Å². The molecule has 0 saturated carbocycles. The molecule has 2 heterocycles. The van der Waals surface area contributed by atoms with Gasteiger partial charge in [-0.3, -0.25) is 0 Å². The molecule has 0 amide bonds. The first-order valence-electron chi connectivity index (χ1n) is 8.67. The van der Waals surface area contributed by atoms with Crippen LogP contribution < -0.4 is 15.4 Å². The molecule has 0 fully saturated rings. The van der Waals surface area contributed by atoms with Crippen molar-refractivity contribution in [2.24, 2.45) is 0 Å². The average Bonchev–Trinajstić information content (AvgIpc) is 3.09. The van der Waals surface area contributed by atoms with E-state index in [4.69, 9.17) is 4.42 Å². The van der Waals surface area contributed by atoms with Crippen LogP contribution in [0.5, 0.6) is 6.01 Å². The zero-order valence-electron chi connectivity index (χ0n) is 15.8. The standard InChI is InChI=1S/C18H15F6N5O2/c1-10-5-6-13(31-10)8-25-14-27-15(29-16(28-14)30-9-17(19,20)21)26-12-4-2-3-11(7-12)18(22,23)24/h2-7H,8-9H2,1H3,(H2,25,26,27,28,29). The molecular formula is C18H15F6N5O2. The number of ether oxygens (including phenoxy) is 1. The number of nitrogens with one attached hydrogen (secondary N) is 2. The summed E-state index contributed by atoms with van der Waals surface area (Å²) in [5, 5.41) is 5.25. The fourth-order valence-corrected chi connectivity index (χ4v) is 2.35. The van der Waals surface area contributed by atoms with E-state index in [0.717, 1.165) is 18.2 Å². The number of benzene rings is 1. The monoisotopic (exact) mass is 447 g/mol. The van der Waals surface area contributed by atoms with Crippen LogP contribution in [0.4, 0.5) is 43.9 Å². The number of aromatic nitrogens is 3. The van der Waals surface area contributed by atoms with Crippen molar-refractivity contribution >= 4 is 17.6 Å². The summed E-state index contributed by atoms with van der Waals surface area (Å²) < 4.78 is 86.0. The van der Waals surface area contributed by atoms with E-state index in [1.807, 2.05) is 0 Å². The van der Waals surface area contributed by atoms with Gasteiger partial charge >= 0.3 is 18.4 Å². The van der Waals surface area contributed by atoms with E-state index in [0.29, 0.717) is 11.5 Å². The summed E-state index contributed by atoms with van der Waals surface area (Å²) in [5.74, 6) is 0.664. The summed E-state index contributed by atoms with van der Waals surface area (Å²) in [4.78, 5) is 11.4. The Labute approximate surface area is 171 Å². The average molecular weight is 447 g/mol. The van der Waals surface area contributed by atoms with Crippen LogP contribution >= 0.6 is 0 Å². The van der Waals surface area contributed by atoms with E-state index in [-0.39, 0.29) is 24.1 Å². The normalized spacial score (nSPS) is 12.0. The number of hydrogen-bond acceptors (Lipinski definition) is 7. The van der Waals surface area contributed by atoms with Crippen LogP contribution in [-0.2, 0) is 12.7 Å². The molecule has 166 valence electrons. The molecule has 0 aliphatic heterocycles. The third-order valence-corrected chi connectivity index (χ3v) is 3.64. The summed E-state index contributed by atoms with van der Waals surface area (Å²) in [6.45, 7) is 0.170. The van der Waals surface area contributed by atoms with Gasteiger partial charge in [0.15, 0.2) is 6.61 Å². The van der Waals surface area contributed by atoms with E-state index in [1.54, 1.807) is 19.1 Å². The van der Waals surface area contributed by atoms with Gasteiger partial charge in [-0.05, 0) is 37.3 Å². The van der Waals surface area contributed by atoms with Crippen molar-refractivity contribution in [1.82, 2.24) is 15.0 Å². The lowest BCUT2D eigenvalue weighted by molar-refractivity contribution is -0.154. The number of nitrogens with zero attached hydrogens (tertiary/aromatic N) is 3. The zero-order chi connectivity index (χ0) is 22.6. The Balaban J connectivity index is 1.83. The number of alkyl halides is 6. The number of furan rings is 1. The van der Waals surface area contributed by atoms with Crippen molar-refractivity contribution in [2.45, 2.75) is 25.8 Å². The second-order valence-electron chi connectivity index (χ2n) is 6.24. The summed E-state index contributed by atoms with van der Waals surface area (Å²) in [6, 6.07) is 6.86. The number of hydrogen-bond donors (Lipinski definition) is 2. The fourth-order valence-electron chi connectivity index (χ4n) is 2.35. The van der Waals surface area contributed by atoms with Gasteiger partial charge in [0.2, 0.25) is 11.9 Å². The molecule has 0 aliphatic rings. The first-order valence-corrected chi connectivity index (χ1v) is 8.67. The van der Waals surface area contributed by atoms with Crippen molar-refractivity contribution in [2.75, 3.05) is 17.2 Å². The Kier molecular flexibility index (Phi) is 6.22. The fraction of sp³-hybridized carbons (Fsp3) is 0.278. The van der Waals surface area contributed by atoms with Gasteiger partial charge in [-0.1, -0.05) is 6.07 Å². The van der Waals surface area contributed by atoms with Crippen molar-refractivity contribution < 1.29 is 35.5 Å². The molecule has 3 aromatic rings. The van der Waals surface area contributed by atoms with Gasteiger partial charge in [0.25, 0.3) is 0 Å². The molecule has 31 heavy (non-hydrogen) atoms. The number of anilines is 3. The summed E-state index contributed by atoms with van der Waals surface area (Å²) >= 11 is 0. The lowest BCUT2D eigenvalue weighted by Crippen LogP contribution is -2.21. The van der Waals surface area contributed by atoms with Gasteiger partial charge in [-0.2, -0.15) is 41.3 Å². The highest BCUT2D eigenvalue weighted by atomic mass is 19.4. The third kappa shape index (κ3) is 6.76. The molecule has 7 nitrogen and oxygen atoms in total. The minimum Gasteiger partial charge on any atom is -0.465 e. The first kappa shape index (κ1) is 22.2.